The van der Waals surface area contributed by atoms with Crippen LogP contribution in [0.4, 0.5) is 10.5 Å². The van der Waals surface area contributed by atoms with Crippen molar-refractivity contribution in [2.45, 2.75) is 25.8 Å². The first kappa shape index (κ1) is 13.2. The number of aliphatic hydroxyl groups is 1. The molecule has 1 unspecified atom stereocenters. The van der Waals surface area contributed by atoms with Gasteiger partial charge in [-0.15, -0.1) is 0 Å². The van der Waals surface area contributed by atoms with Crippen molar-refractivity contribution >= 4 is 23.4 Å². The summed E-state index contributed by atoms with van der Waals surface area (Å²) >= 11 is 6.08. The Labute approximate surface area is 111 Å². The van der Waals surface area contributed by atoms with Crippen LogP contribution in [0.1, 0.15) is 18.4 Å². The highest BCUT2D eigenvalue weighted by molar-refractivity contribution is 6.31. The van der Waals surface area contributed by atoms with E-state index in [1.54, 1.807) is 11.0 Å². The summed E-state index contributed by atoms with van der Waals surface area (Å²) in [5.41, 5.74) is 1.68. The molecule has 5 heteroatoms. The van der Waals surface area contributed by atoms with Gasteiger partial charge in [-0.2, -0.15) is 0 Å². The minimum Gasteiger partial charge on any atom is -0.449 e. The molecule has 1 atom stereocenters. The molecule has 1 N–H and O–H groups in total. The number of hydrogen-bond donors (Lipinski definition) is 1. The van der Waals surface area contributed by atoms with Crippen molar-refractivity contribution in [2.75, 3.05) is 18.1 Å². The van der Waals surface area contributed by atoms with Crippen LogP contribution < -0.4 is 4.90 Å². The molecule has 1 amide bonds. The van der Waals surface area contributed by atoms with E-state index in [-0.39, 0.29) is 18.7 Å². The standard InChI is InChI=1S/C13H16ClNO3/c1-9-2-3-11(8-12(9)14)15-10(4-6-16)5-7-18-13(15)17/h2-3,8,10,16H,4-7H2,1H3. The summed E-state index contributed by atoms with van der Waals surface area (Å²) in [6.45, 7) is 2.36. The monoisotopic (exact) mass is 269 g/mol. The van der Waals surface area contributed by atoms with Crippen molar-refractivity contribution in [3.8, 4) is 0 Å². The molecule has 4 nitrogen and oxygen atoms in total. The Morgan fingerprint density at radius 2 is 2.33 bits per heavy atom. The first-order valence-corrected chi connectivity index (χ1v) is 6.34. The molecule has 1 saturated heterocycles. The average molecular weight is 270 g/mol. The molecule has 1 aliphatic rings. The van der Waals surface area contributed by atoms with Crippen LogP contribution in [0.2, 0.25) is 5.02 Å². The van der Waals surface area contributed by atoms with Crippen molar-refractivity contribution in [2.24, 2.45) is 0 Å². The third kappa shape index (κ3) is 2.60. The quantitative estimate of drug-likeness (QED) is 0.918. The zero-order valence-electron chi connectivity index (χ0n) is 10.2. The zero-order valence-corrected chi connectivity index (χ0v) is 11.0. The van der Waals surface area contributed by atoms with Gasteiger partial charge in [0, 0.05) is 29.8 Å². The van der Waals surface area contributed by atoms with E-state index in [0.717, 1.165) is 12.0 Å². The summed E-state index contributed by atoms with van der Waals surface area (Å²) in [4.78, 5) is 13.4. The van der Waals surface area contributed by atoms with Crippen LogP contribution in [0.3, 0.4) is 0 Å². The Hall–Kier alpha value is -1.26. The van der Waals surface area contributed by atoms with Crippen molar-refractivity contribution < 1.29 is 14.6 Å². The van der Waals surface area contributed by atoms with Crippen molar-refractivity contribution in [1.29, 1.82) is 0 Å². The number of carbonyl (C=O) groups excluding carboxylic acids is 1. The first-order chi connectivity index (χ1) is 8.63. The normalized spacial score (nSPS) is 19.8. The lowest BCUT2D eigenvalue weighted by molar-refractivity contribution is 0.124. The smallest absolute Gasteiger partial charge is 0.414 e. The van der Waals surface area contributed by atoms with Gasteiger partial charge in [-0.1, -0.05) is 17.7 Å². The number of amides is 1. The second kappa shape index (κ2) is 5.59. The third-order valence-corrected chi connectivity index (χ3v) is 3.54. The molecule has 0 aliphatic carbocycles. The van der Waals surface area contributed by atoms with Gasteiger partial charge in [0.25, 0.3) is 0 Å². The molecule has 0 saturated carbocycles. The van der Waals surface area contributed by atoms with E-state index in [9.17, 15) is 4.79 Å². The van der Waals surface area contributed by atoms with E-state index in [1.807, 2.05) is 19.1 Å². The number of ether oxygens (including phenoxy) is 1. The Morgan fingerprint density at radius 1 is 1.56 bits per heavy atom. The maximum Gasteiger partial charge on any atom is 0.414 e. The third-order valence-electron chi connectivity index (χ3n) is 3.13. The van der Waals surface area contributed by atoms with Crippen LogP contribution in [0.15, 0.2) is 18.2 Å². The molecule has 0 radical (unpaired) electrons. The number of hydrogen-bond acceptors (Lipinski definition) is 3. The van der Waals surface area contributed by atoms with Gasteiger partial charge in [0.15, 0.2) is 0 Å². The van der Waals surface area contributed by atoms with Crippen LogP contribution in [0, 0.1) is 6.92 Å². The lowest BCUT2D eigenvalue weighted by Gasteiger charge is -2.34. The Bertz CT molecular complexity index is 448. The molecular formula is C13H16ClNO3. The van der Waals surface area contributed by atoms with E-state index in [1.165, 1.54) is 0 Å². The zero-order chi connectivity index (χ0) is 13.1. The highest BCUT2D eigenvalue weighted by Gasteiger charge is 2.30. The first-order valence-electron chi connectivity index (χ1n) is 5.96. The van der Waals surface area contributed by atoms with Crippen LogP contribution in [-0.4, -0.2) is 30.5 Å². The number of anilines is 1. The molecular weight excluding hydrogens is 254 g/mol. The van der Waals surface area contributed by atoms with Crippen molar-refractivity contribution in [1.82, 2.24) is 0 Å². The topological polar surface area (TPSA) is 49.8 Å². The molecule has 0 spiro atoms. The fourth-order valence-corrected chi connectivity index (χ4v) is 2.28. The summed E-state index contributed by atoms with van der Waals surface area (Å²) < 4.78 is 5.05. The van der Waals surface area contributed by atoms with Gasteiger partial charge in [-0.3, -0.25) is 4.90 Å². The van der Waals surface area contributed by atoms with Gasteiger partial charge in [0.1, 0.15) is 0 Å². The van der Waals surface area contributed by atoms with E-state index in [0.29, 0.717) is 23.7 Å². The summed E-state index contributed by atoms with van der Waals surface area (Å²) in [6.07, 6.45) is 0.887. The molecule has 0 bridgehead atoms. The highest BCUT2D eigenvalue weighted by Crippen LogP contribution is 2.28. The SMILES string of the molecule is Cc1ccc(N2C(=O)OCCC2CCO)cc1Cl. The second-order valence-electron chi connectivity index (χ2n) is 4.37. The van der Waals surface area contributed by atoms with Gasteiger partial charge in [-0.25, -0.2) is 4.79 Å². The Morgan fingerprint density at radius 3 is 3.00 bits per heavy atom. The summed E-state index contributed by atoms with van der Waals surface area (Å²) in [6, 6.07) is 5.44. The number of rotatable bonds is 3. The predicted octanol–water partition coefficient (Wildman–Crippen LogP) is 2.75. The minimum atomic E-state index is -0.375. The van der Waals surface area contributed by atoms with Gasteiger partial charge >= 0.3 is 6.09 Å². The largest absolute Gasteiger partial charge is 0.449 e. The van der Waals surface area contributed by atoms with E-state index < -0.39 is 0 Å². The number of halogens is 1. The lowest BCUT2D eigenvalue weighted by Crippen LogP contribution is -2.46. The fourth-order valence-electron chi connectivity index (χ4n) is 2.10. The van der Waals surface area contributed by atoms with Crippen LogP contribution >= 0.6 is 11.6 Å². The Kier molecular flexibility index (Phi) is 4.09. The summed E-state index contributed by atoms with van der Waals surface area (Å²) in [5.74, 6) is 0. The van der Waals surface area contributed by atoms with Gasteiger partial charge in [0.05, 0.1) is 6.61 Å². The number of cyclic esters (lactones) is 1. The van der Waals surface area contributed by atoms with E-state index in [2.05, 4.69) is 0 Å². The highest BCUT2D eigenvalue weighted by atomic mass is 35.5. The predicted molar refractivity (Wildman–Crippen MR) is 70.1 cm³/mol. The van der Waals surface area contributed by atoms with Crippen LogP contribution in [0.5, 0.6) is 0 Å². The number of carbonyl (C=O) groups is 1. The second-order valence-corrected chi connectivity index (χ2v) is 4.78. The number of aryl methyl sites for hydroxylation is 1. The molecule has 1 aromatic rings. The minimum absolute atomic E-state index is 0.0324. The van der Waals surface area contributed by atoms with Gasteiger partial charge < -0.3 is 9.84 Å². The van der Waals surface area contributed by atoms with Crippen molar-refractivity contribution in [3.63, 3.8) is 0 Å². The molecule has 2 rings (SSSR count). The fraction of sp³-hybridized carbons (Fsp3) is 0.462. The molecule has 1 aromatic carbocycles. The summed E-state index contributed by atoms with van der Waals surface area (Å²) in [5, 5.41) is 9.68. The van der Waals surface area contributed by atoms with Gasteiger partial charge in [-0.05, 0) is 31.0 Å². The van der Waals surface area contributed by atoms with Crippen molar-refractivity contribution in [3.05, 3.63) is 28.8 Å². The van der Waals surface area contributed by atoms with Crippen LogP contribution in [-0.2, 0) is 4.74 Å². The number of nitrogens with zero attached hydrogens (tertiary/aromatic N) is 1. The summed E-state index contributed by atoms with van der Waals surface area (Å²) in [7, 11) is 0. The molecule has 0 aromatic heterocycles. The molecule has 1 heterocycles. The number of aliphatic hydroxyl groups excluding tert-OH is 1. The molecule has 98 valence electrons. The molecule has 1 aliphatic heterocycles. The maximum atomic E-state index is 11.9. The van der Waals surface area contributed by atoms with Crippen LogP contribution in [0.25, 0.3) is 0 Å². The molecule has 18 heavy (non-hydrogen) atoms. The lowest BCUT2D eigenvalue weighted by atomic mass is 10.1. The van der Waals surface area contributed by atoms with E-state index >= 15 is 0 Å². The average Bonchev–Trinajstić information content (AvgIpc) is 2.34. The number of benzene rings is 1. The maximum absolute atomic E-state index is 11.9. The van der Waals surface area contributed by atoms with Gasteiger partial charge in [0.2, 0.25) is 0 Å². The molecule has 1 fully saturated rings. The Balaban J connectivity index is 2.31. The van der Waals surface area contributed by atoms with E-state index in [4.69, 9.17) is 21.4 Å².